The third-order valence-corrected chi connectivity index (χ3v) is 7.48. The van der Waals surface area contributed by atoms with Crippen molar-refractivity contribution in [1.82, 2.24) is 4.98 Å². The molecule has 0 radical (unpaired) electrons. The van der Waals surface area contributed by atoms with Crippen molar-refractivity contribution in [1.29, 1.82) is 0 Å². The van der Waals surface area contributed by atoms with Crippen LogP contribution >= 0.6 is 11.3 Å². The highest BCUT2D eigenvalue weighted by molar-refractivity contribution is 7.22. The zero-order valence-electron chi connectivity index (χ0n) is 21.0. The number of aryl methyl sites for hydroxylation is 2. The second-order valence-electron chi connectivity index (χ2n) is 9.11. The van der Waals surface area contributed by atoms with Gasteiger partial charge in [-0.2, -0.15) is 0 Å². The van der Waals surface area contributed by atoms with E-state index in [0.29, 0.717) is 23.1 Å². The summed E-state index contributed by atoms with van der Waals surface area (Å²) in [5, 5.41) is 11.9. The second-order valence-corrected chi connectivity index (χ2v) is 10.1. The molecule has 0 spiro atoms. The van der Waals surface area contributed by atoms with Gasteiger partial charge in [0.05, 0.1) is 28.4 Å². The average molecular weight is 513 g/mol. The number of anilines is 1. The van der Waals surface area contributed by atoms with Crippen LogP contribution in [0, 0.1) is 6.92 Å². The van der Waals surface area contributed by atoms with Gasteiger partial charge in [0.25, 0.3) is 5.78 Å². The van der Waals surface area contributed by atoms with E-state index in [4.69, 9.17) is 9.72 Å². The highest BCUT2D eigenvalue weighted by atomic mass is 32.1. The molecule has 1 aromatic heterocycles. The van der Waals surface area contributed by atoms with Gasteiger partial charge in [0.1, 0.15) is 11.5 Å². The van der Waals surface area contributed by atoms with E-state index in [-0.39, 0.29) is 11.3 Å². The Balaban J connectivity index is 1.68. The van der Waals surface area contributed by atoms with Crippen molar-refractivity contribution in [2.24, 2.45) is 0 Å². The molecule has 37 heavy (non-hydrogen) atoms. The molecular weight excluding hydrogens is 484 g/mol. The summed E-state index contributed by atoms with van der Waals surface area (Å²) < 4.78 is 6.65. The quantitative estimate of drug-likeness (QED) is 0.172. The Morgan fingerprint density at radius 1 is 1.05 bits per heavy atom. The van der Waals surface area contributed by atoms with Crippen LogP contribution in [0.4, 0.5) is 5.13 Å². The molecule has 4 aromatic rings. The third kappa shape index (κ3) is 4.62. The van der Waals surface area contributed by atoms with Crippen LogP contribution in [0.15, 0.2) is 72.3 Å². The minimum Gasteiger partial charge on any atom is -0.507 e. The number of ether oxygens (including phenoxy) is 1. The van der Waals surface area contributed by atoms with Crippen LogP contribution in [0.1, 0.15) is 48.6 Å². The fourth-order valence-corrected chi connectivity index (χ4v) is 5.60. The number of fused-ring (bicyclic) bond motifs is 1. The molecule has 5 rings (SSSR count). The van der Waals surface area contributed by atoms with Gasteiger partial charge in [-0.05, 0) is 60.7 Å². The van der Waals surface area contributed by atoms with Gasteiger partial charge in [0.2, 0.25) is 0 Å². The zero-order chi connectivity index (χ0) is 26.1. The van der Waals surface area contributed by atoms with Gasteiger partial charge in [-0.15, -0.1) is 0 Å². The van der Waals surface area contributed by atoms with Crippen molar-refractivity contribution in [3.05, 3.63) is 94.6 Å². The molecule has 1 saturated heterocycles. The molecule has 0 aliphatic carbocycles. The molecule has 1 fully saturated rings. The Morgan fingerprint density at radius 2 is 1.84 bits per heavy atom. The number of Topliss-reactive ketones (excluding diaryl/α,β-unsaturated/α-hetero) is 1. The van der Waals surface area contributed by atoms with Crippen molar-refractivity contribution < 1.29 is 19.4 Å². The van der Waals surface area contributed by atoms with Gasteiger partial charge in [0, 0.05) is 5.56 Å². The predicted molar refractivity (Wildman–Crippen MR) is 147 cm³/mol. The van der Waals surface area contributed by atoms with E-state index in [0.717, 1.165) is 39.7 Å². The fraction of sp³-hybridized carbons (Fsp3) is 0.233. The number of aromatic nitrogens is 1. The average Bonchev–Trinajstić information content (AvgIpc) is 3.44. The van der Waals surface area contributed by atoms with E-state index in [1.807, 2.05) is 56.3 Å². The first kappa shape index (κ1) is 24.7. The highest BCUT2D eigenvalue weighted by Crippen LogP contribution is 2.44. The predicted octanol–water partition coefficient (Wildman–Crippen LogP) is 6.58. The molecule has 1 amide bonds. The number of carbonyl (C=O) groups is 2. The van der Waals surface area contributed by atoms with Crippen LogP contribution in [0.3, 0.4) is 0 Å². The van der Waals surface area contributed by atoms with E-state index < -0.39 is 17.7 Å². The van der Waals surface area contributed by atoms with Crippen molar-refractivity contribution in [2.75, 3.05) is 11.5 Å². The normalized spacial score (nSPS) is 17.1. The molecule has 1 atom stereocenters. The minimum atomic E-state index is -0.812. The molecule has 2 heterocycles. The maximum Gasteiger partial charge on any atom is 0.301 e. The topological polar surface area (TPSA) is 79.7 Å². The van der Waals surface area contributed by atoms with Crippen LogP contribution in [0.2, 0.25) is 0 Å². The summed E-state index contributed by atoms with van der Waals surface area (Å²) in [6.45, 7) is 6.62. The SMILES string of the molecule is CCCOc1cccc(C(O)=C2C(=O)C(=O)N(c3nc4ccc(C)cc4s3)C2c2ccc(CC)cc2)c1. The summed E-state index contributed by atoms with van der Waals surface area (Å²) in [6, 6.07) is 19.8. The molecule has 1 unspecified atom stereocenters. The summed E-state index contributed by atoms with van der Waals surface area (Å²) in [4.78, 5) is 33.1. The first-order valence-electron chi connectivity index (χ1n) is 12.4. The van der Waals surface area contributed by atoms with Crippen molar-refractivity contribution >= 4 is 44.1 Å². The molecule has 7 heteroatoms. The molecule has 3 aromatic carbocycles. The Labute approximate surface area is 219 Å². The number of aliphatic hydroxyl groups excluding tert-OH is 1. The maximum absolute atomic E-state index is 13.5. The van der Waals surface area contributed by atoms with E-state index in [2.05, 4.69) is 6.92 Å². The number of rotatable bonds is 7. The van der Waals surface area contributed by atoms with Crippen LogP contribution in [-0.2, 0) is 16.0 Å². The molecule has 6 nitrogen and oxygen atoms in total. The van der Waals surface area contributed by atoms with Crippen LogP contribution in [-0.4, -0.2) is 28.4 Å². The van der Waals surface area contributed by atoms with E-state index in [1.165, 1.54) is 16.2 Å². The fourth-order valence-electron chi connectivity index (χ4n) is 4.51. The minimum absolute atomic E-state index is 0.0392. The first-order chi connectivity index (χ1) is 17.9. The number of carbonyl (C=O) groups excluding carboxylic acids is 2. The Kier molecular flexibility index (Phi) is 6.80. The van der Waals surface area contributed by atoms with E-state index in [9.17, 15) is 14.7 Å². The molecule has 0 saturated carbocycles. The lowest BCUT2D eigenvalue weighted by Crippen LogP contribution is -2.29. The standard InChI is InChI=1S/C30H28N2O4S/c1-4-15-36-22-8-6-7-21(17-22)27(33)25-26(20-12-10-19(5-2)11-13-20)32(29(35)28(25)34)30-31-23-14-9-18(3)16-24(23)37-30/h6-14,16-17,26,33H,4-5,15H2,1-3H3. The van der Waals surface area contributed by atoms with Crippen LogP contribution < -0.4 is 9.64 Å². The van der Waals surface area contributed by atoms with E-state index >= 15 is 0 Å². The summed E-state index contributed by atoms with van der Waals surface area (Å²) in [7, 11) is 0. The Hall–Kier alpha value is -3.97. The number of aliphatic hydroxyl groups is 1. The van der Waals surface area contributed by atoms with Gasteiger partial charge >= 0.3 is 5.91 Å². The van der Waals surface area contributed by atoms with Crippen LogP contribution in [0.25, 0.3) is 16.0 Å². The van der Waals surface area contributed by atoms with Gasteiger partial charge in [-0.1, -0.05) is 67.6 Å². The molecular formula is C30H28N2O4S. The summed E-state index contributed by atoms with van der Waals surface area (Å²) in [6.07, 6.45) is 1.71. The molecule has 1 aliphatic heterocycles. The Morgan fingerprint density at radius 3 is 2.57 bits per heavy atom. The monoisotopic (exact) mass is 512 g/mol. The van der Waals surface area contributed by atoms with Crippen molar-refractivity contribution in [3.8, 4) is 5.75 Å². The number of amides is 1. The third-order valence-electron chi connectivity index (χ3n) is 6.47. The number of ketones is 1. The summed E-state index contributed by atoms with van der Waals surface area (Å²) >= 11 is 1.36. The number of nitrogens with zero attached hydrogens (tertiary/aromatic N) is 2. The lowest BCUT2D eigenvalue weighted by molar-refractivity contribution is -0.132. The Bertz CT molecular complexity index is 1520. The molecule has 1 N–H and O–H groups in total. The maximum atomic E-state index is 13.5. The van der Waals surface area contributed by atoms with E-state index in [1.54, 1.807) is 24.3 Å². The number of benzene rings is 3. The molecule has 188 valence electrons. The first-order valence-corrected chi connectivity index (χ1v) is 13.2. The number of thiazole rings is 1. The lowest BCUT2D eigenvalue weighted by atomic mass is 9.94. The van der Waals surface area contributed by atoms with Gasteiger partial charge in [0.15, 0.2) is 5.13 Å². The highest BCUT2D eigenvalue weighted by Gasteiger charge is 2.48. The number of hydrogen-bond donors (Lipinski definition) is 1. The summed E-state index contributed by atoms with van der Waals surface area (Å²) in [5.41, 5.74) is 4.16. The van der Waals surface area contributed by atoms with Gasteiger partial charge < -0.3 is 9.84 Å². The second kappa shape index (κ2) is 10.2. The summed E-state index contributed by atoms with van der Waals surface area (Å²) in [5.74, 6) is -1.09. The molecule has 1 aliphatic rings. The van der Waals surface area contributed by atoms with Gasteiger partial charge in [-0.25, -0.2) is 4.98 Å². The van der Waals surface area contributed by atoms with Gasteiger partial charge in [-0.3, -0.25) is 14.5 Å². The molecule has 0 bridgehead atoms. The van der Waals surface area contributed by atoms with Crippen molar-refractivity contribution in [3.63, 3.8) is 0 Å². The zero-order valence-corrected chi connectivity index (χ0v) is 21.8. The van der Waals surface area contributed by atoms with Crippen LogP contribution in [0.5, 0.6) is 5.75 Å². The smallest absolute Gasteiger partial charge is 0.301 e. The lowest BCUT2D eigenvalue weighted by Gasteiger charge is -2.23. The largest absolute Gasteiger partial charge is 0.507 e. The van der Waals surface area contributed by atoms with Crippen molar-refractivity contribution in [2.45, 2.75) is 39.7 Å². The number of hydrogen-bond acceptors (Lipinski definition) is 6.